The lowest BCUT2D eigenvalue weighted by atomic mass is 9.82. The first kappa shape index (κ1) is 18.7. The lowest BCUT2D eigenvalue weighted by Crippen LogP contribution is -2.48. The molecule has 0 bridgehead atoms. The molecule has 2 aromatic heterocycles. The van der Waals surface area contributed by atoms with Gasteiger partial charge in [-0.05, 0) is 30.0 Å². The van der Waals surface area contributed by atoms with Crippen LogP contribution in [0.3, 0.4) is 0 Å². The predicted octanol–water partition coefficient (Wildman–Crippen LogP) is 2.67. The molecule has 7 heteroatoms. The van der Waals surface area contributed by atoms with Gasteiger partial charge in [0.15, 0.2) is 5.78 Å². The number of carbonyl (C=O) groups is 1. The van der Waals surface area contributed by atoms with Crippen LogP contribution in [-0.2, 0) is 6.42 Å². The molecule has 0 spiro atoms. The number of benzene rings is 1. The number of nitrogens with zero attached hydrogens (tertiary/aromatic N) is 4. The molecule has 3 aromatic rings. The molecule has 3 heterocycles. The number of fused-ring (bicyclic) bond motifs is 1. The van der Waals surface area contributed by atoms with Gasteiger partial charge in [0.2, 0.25) is 5.95 Å². The molecule has 0 saturated carbocycles. The number of hydrogen-bond acceptors (Lipinski definition) is 5. The summed E-state index contributed by atoms with van der Waals surface area (Å²) in [6, 6.07) is 12.8. The van der Waals surface area contributed by atoms with Crippen LogP contribution in [0.1, 0.15) is 34.0 Å². The summed E-state index contributed by atoms with van der Waals surface area (Å²) in [6.07, 6.45) is 4.42. The van der Waals surface area contributed by atoms with Crippen molar-refractivity contribution in [1.29, 1.82) is 0 Å². The molecule has 6 nitrogen and oxygen atoms in total. The van der Waals surface area contributed by atoms with Crippen molar-refractivity contribution >= 4 is 17.5 Å². The number of aromatic amines is 1. The van der Waals surface area contributed by atoms with E-state index >= 15 is 0 Å². The Hall–Kier alpha value is -3.35. The number of piperazine rings is 1. The van der Waals surface area contributed by atoms with Gasteiger partial charge in [-0.2, -0.15) is 0 Å². The first-order valence-corrected chi connectivity index (χ1v) is 10.3. The topological polar surface area (TPSA) is 63.5 Å². The third kappa shape index (κ3) is 3.51. The zero-order valence-electron chi connectivity index (χ0n) is 16.6. The Morgan fingerprint density at radius 2 is 1.73 bits per heavy atom. The molecule has 2 aliphatic rings. The van der Waals surface area contributed by atoms with Crippen LogP contribution in [0.2, 0.25) is 0 Å². The summed E-state index contributed by atoms with van der Waals surface area (Å²) in [6.45, 7) is 3.31. The van der Waals surface area contributed by atoms with Gasteiger partial charge in [-0.15, -0.1) is 0 Å². The second kappa shape index (κ2) is 7.82. The van der Waals surface area contributed by atoms with Crippen LogP contribution < -0.4 is 14.8 Å². The second-order valence-electron chi connectivity index (χ2n) is 7.80. The highest BCUT2D eigenvalue weighted by molar-refractivity contribution is 5.98. The Morgan fingerprint density at radius 1 is 0.967 bits per heavy atom. The lowest BCUT2D eigenvalue weighted by molar-refractivity contribution is -0.364. The molecule has 0 unspecified atom stereocenters. The van der Waals surface area contributed by atoms with Crippen molar-refractivity contribution in [2.45, 2.75) is 18.8 Å². The summed E-state index contributed by atoms with van der Waals surface area (Å²) in [5, 5.41) is 0. The molecule has 0 amide bonds. The van der Waals surface area contributed by atoms with Crippen molar-refractivity contribution in [2.24, 2.45) is 0 Å². The van der Waals surface area contributed by atoms with Crippen LogP contribution in [0.5, 0.6) is 0 Å². The van der Waals surface area contributed by atoms with Crippen LogP contribution in [0.15, 0.2) is 54.9 Å². The van der Waals surface area contributed by atoms with Crippen molar-refractivity contribution in [3.63, 3.8) is 0 Å². The minimum Gasteiger partial charge on any atom is -0.333 e. The van der Waals surface area contributed by atoms with E-state index in [9.17, 15) is 9.18 Å². The second-order valence-corrected chi connectivity index (χ2v) is 7.80. The molecular weight excluding hydrogens is 381 g/mol. The highest BCUT2D eigenvalue weighted by atomic mass is 19.1. The van der Waals surface area contributed by atoms with Crippen LogP contribution in [-0.4, -0.2) is 41.9 Å². The maximum atomic E-state index is 14.3. The average molecular weight is 404 g/mol. The van der Waals surface area contributed by atoms with Crippen molar-refractivity contribution in [3.05, 3.63) is 77.5 Å². The fourth-order valence-corrected chi connectivity index (χ4v) is 4.34. The van der Waals surface area contributed by atoms with E-state index in [1.165, 1.54) is 6.07 Å². The number of rotatable bonds is 3. The molecule has 1 atom stereocenters. The molecule has 5 rings (SSSR count). The number of hydrogen-bond donors (Lipinski definition) is 0. The standard InChI is InChI=1S/C23H22FN5O/c24-19-6-2-1-5-17(19)16-13-20-18(21(30)14-16)15-26-23(27-20)29-11-9-28(10-12-29)22-7-3-4-8-25-22/h1-8,15-16H,9-14H2/p+1/t16-/m0/s1. The summed E-state index contributed by atoms with van der Waals surface area (Å²) < 4.78 is 14.3. The largest absolute Gasteiger partial charge is 0.333 e. The van der Waals surface area contributed by atoms with E-state index in [0.717, 1.165) is 37.7 Å². The number of H-pyrrole nitrogens is 1. The van der Waals surface area contributed by atoms with Gasteiger partial charge < -0.3 is 4.90 Å². The molecule has 152 valence electrons. The Balaban J connectivity index is 1.34. The molecular formula is C23H23FN5O+. The minimum atomic E-state index is -0.262. The van der Waals surface area contributed by atoms with Crippen molar-refractivity contribution < 1.29 is 14.2 Å². The van der Waals surface area contributed by atoms with Crippen molar-refractivity contribution in [2.75, 3.05) is 36.0 Å². The summed E-state index contributed by atoms with van der Waals surface area (Å²) in [5.41, 5.74) is 1.89. The fourth-order valence-electron chi connectivity index (χ4n) is 4.34. The molecule has 1 aliphatic carbocycles. The quantitative estimate of drug-likeness (QED) is 0.672. The Kier molecular flexibility index (Phi) is 4.86. The summed E-state index contributed by atoms with van der Waals surface area (Å²) in [4.78, 5) is 29.6. The summed E-state index contributed by atoms with van der Waals surface area (Å²) >= 11 is 0. The molecule has 1 aliphatic heterocycles. The van der Waals surface area contributed by atoms with E-state index in [1.807, 2.05) is 24.4 Å². The van der Waals surface area contributed by atoms with E-state index < -0.39 is 0 Å². The highest BCUT2D eigenvalue weighted by Crippen LogP contribution is 2.33. The van der Waals surface area contributed by atoms with Gasteiger partial charge in [-0.1, -0.05) is 24.3 Å². The predicted molar refractivity (Wildman–Crippen MR) is 111 cm³/mol. The summed E-state index contributed by atoms with van der Waals surface area (Å²) in [5.74, 6) is 1.29. The minimum absolute atomic E-state index is 0.0134. The maximum absolute atomic E-state index is 14.3. The number of pyridine rings is 1. The van der Waals surface area contributed by atoms with Crippen LogP contribution in [0, 0.1) is 5.82 Å². The van der Waals surface area contributed by atoms with Gasteiger partial charge in [-0.25, -0.2) is 19.3 Å². The molecule has 0 radical (unpaired) electrons. The number of anilines is 2. The van der Waals surface area contributed by atoms with E-state index in [4.69, 9.17) is 4.98 Å². The van der Waals surface area contributed by atoms with Gasteiger partial charge in [-0.3, -0.25) is 9.69 Å². The van der Waals surface area contributed by atoms with Gasteiger partial charge in [0, 0.05) is 18.7 Å². The molecule has 1 N–H and O–H groups in total. The van der Waals surface area contributed by atoms with Gasteiger partial charge in [0.1, 0.15) is 18.9 Å². The Bertz CT molecular complexity index is 1070. The van der Waals surface area contributed by atoms with E-state index in [-0.39, 0.29) is 17.5 Å². The zero-order valence-corrected chi connectivity index (χ0v) is 16.6. The van der Waals surface area contributed by atoms with Gasteiger partial charge >= 0.3 is 0 Å². The smallest absolute Gasteiger partial charge is 0.274 e. The normalized spacial score (nSPS) is 19.0. The number of halogens is 1. The number of Topliss-reactive ketones (excluding diaryl/α,β-unsaturated/α-hetero) is 1. The zero-order chi connectivity index (χ0) is 20.5. The summed E-state index contributed by atoms with van der Waals surface area (Å²) in [7, 11) is 0. The van der Waals surface area contributed by atoms with E-state index in [0.29, 0.717) is 29.9 Å². The molecule has 1 saturated heterocycles. The van der Waals surface area contributed by atoms with E-state index in [1.54, 1.807) is 18.3 Å². The number of carbonyl (C=O) groups excluding carboxylic acids is 1. The van der Waals surface area contributed by atoms with Gasteiger partial charge in [0.25, 0.3) is 5.82 Å². The van der Waals surface area contributed by atoms with Gasteiger partial charge in [0.05, 0.1) is 30.5 Å². The third-order valence-electron chi connectivity index (χ3n) is 5.97. The number of aromatic nitrogens is 3. The first-order valence-electron chi connectivity index (χ1n) is 10.3. The SMILES string of the molecule is O=C1C[C@@H](c2ccccc2F)Cc2nc(N3CCN(c4cccc[nH+]4)CC3)ncc21. The van der Waals surface area contributed by atoms with E-state index in [2.05, 4.69) is 25.8 Å². The van der Waals surface area contributed by atoms with Crippen LogP contribution in [0.4, 0.5) is 16.2 Å². The molecule has 30 heavy (non-hydrogen) atoms. The Morgan fingerprint density at radius 3 is 2.50 bits per heavy atom. The lowest BCUT2D eigenvalue weighted by Gasteiger charge is -2.31. The number of nitrogens with one attached hydrogen (secondary N) is 1. The molecule has 1 aromatic carbocycles. The Labute approximate surface area is 174 Å². The number of ketones is 1. The average Bonchev–Trinajstić information content (AvgIpc) is 2.80. The third-order valence-corrected chi connectivity index (χ3v) is 5.97. The van der Waals surface area contributed by atoms with Crippen LogP contribution >= 0.6 is 0 Å². The first-order chi connectivity index (χ1) is 14.7. The van der Waals surface area contributed by atoms with Crippen molar-refractivity contribution in [3.8, 4) is 0 Å². The highest BCUT2D eigenvalue weighted by Gasteiger charge is 2.31. The van der Waals surface area contributed by atoms with Crippen molar-refractivity contribution in [1.82, 2.24) is 9.97 Å². The van der Waals surface area contributed by atoms with Crippen LogP contribution in [0.25, 0.3) is 0 Å². The molecule has 1 fully saturated rings. The monoisotopic (exact) mass is 404 g/mol. The fraction of sp³-hybridized carbons (Fsp3) is 0.304. The maximum Gasteiger partial charge on any atom is 0.274 e.